The number of thioether (sulfide) groups is 1. The quantitative estimate of drug-likeness (QED) is 0.536. The van der Waals surface area contributed by atoms with E-state index >= 15 is 0 Å². The Morgan fingerprint density at radius 1 is 1.00 bits per heavy atom. The molecule has 2 aromatic carbocycles. The lowest BCUT2D eigenvalue weighted by Crippen LogP contribution is -2.21. The summed E-state index contributed by atoms with van der Waals surface area (Å²) in [5, 5.41) is 2.60. The molecule has 0 aliphatic rings. The summed E-state index contributed by atoms with van der Waals surface area (Å²) in [6.45, 7) is 3.75. The van der Waals surface area contributed by atoms with E-state index in [-0.39, 0.29) is 13.0 Å². The molecule has 0 heterocycles. The van der Waals surface area contributed by atoms with Crippen molar-refractivity contribution in [1.29, 1.82) is 0 Å². The van der Waals surface area contributed by atoms with Crippen LogP contribution in [0.5, 0.6) is 0 Å². The van der Waals surface area contributed by atoms with Gasteiger partial charge in [-0.2, -0.15) is 0 Å². The second-order valence-corrected chi connectivity index (χ2v) is 7.29. The van der Waals surface area contributed by atoms with E-state index in [4.69, 9.17) is 4.74 Å². The minimum atomic E-state index is -0.453. The van der Waals surface area contributed by atoms with Gasteiger partial charge in [-0.15, -0.1) is 11.8 Å². The van der Waals surface area contributed by atoms with E-state index in [2.05, 4.69) is 36.0 Å². The number of anilines is 1. The van der Waals surface area contributed by atoms with Crippen molar-refractivity contribution >= 4 is 35.3 Å². The van der Waals surface area contributed by atoms with Crippen molar-refractivity contribution in [1.82, 2.24) is 0 Å². The van der Waals surface area contributed by atoms with Gasteiger partial charge in [-0.25, -0.2) is 4.79 Å². The Morgan fingerprint density at radius 2 is 1.71 bits per heavy atom. The smallest absolute Gasteiger partial charge is 0.337 e. The van der Waals surface area contributed by atoms with Gasteiger partial charge < -0.3 is 14.8 Å². The molecule has 1 amide bonds. The molecule has 6 nitrogen and oxygen atoms in total. The number of carbonyl (C=O) groups excluding carboxylic acids is 3. The van der Waals surface area contributed by atoms with Crippen molar-refractivity contribution in [2.24, 2.45) is 0 Å². The fraction of sp³-hybridized carbons (Fsp3) is 0.286. The topological polar surface area (TPSA) is 81.7 Å². The maximum Gasteiger partial charge on any atom is 0.337 e. The van der Waals surface area contributed by atoms with Gasteiger partial charge in [-0.05, 0) is 61.4 Å². The summed E-state index contributed by atoms with van der Waals surface area (Å²) in [5.74, 6) is -0.739. The highest BCUT2D eigenvalue weighted by molar-refractivity contribution is 7.99. The highest BCUT2D eigenvalue weighted by Crippen LogP contribution is 2.21. The lowest BCUT2D eigenvalue weighted by molar-refractivity contribution is -0.146. The molecule has 0 fully saturated rings. The predicted molar refractivity (Wildman–Crippen MR) is 109 cm³/mol. The number of ether oxygens (including phenoxy) is 2. The first kappa shape index (κ1) is 21.5. The van der Waals surface area contributed by atoms with E-state index in [1.54, 1.807) is 23.9 Å². The molecule has 0 unspecified atom stereocenters. The molecular formula is C21H23NO5S. The van der Waals surface area contributed by atoms with Crippen LogP contribution >= 0.6 is 11.8 Å². The van der Waals surface area contributed by atoms with E-state index in [1.807, 2.05) is 6.07 Å². The standard InChI is InChI=1S/C21H23NO5S/c1-14-4-9-18(12-15(14)2)28-11-10-20(24)27-13-19(23)22-17-7-5-16(6-8-17)21(25)26-3/h4-9,12H,10-11,13H2,1-3H3,(H,22,23). The van der Waals surface area contributed by atoms with Crippen molar-refractivity contribution in [3.63, 3.8) is 0 Å². The Morgan fingerprint density at radius 3 is 2.36 bits per heavy atom. The average Bonchev–Trinajstić information content (AvgIpc) is 2.69. The van der Waals surface area contributed by atoms with Crippen LogP contribution in [-0.2, 0) is 19.1 Å². The zero-order valence-corrected chi connectivity index (χ0v) is 16.9. The van der Waals surface area contributed by atoms with Crippen LogP contribution in [0.15, 0.2) is 47.4 Å². The van der Waals surface area contributed by atoms with Gasteiger partial charge in [-0.3, -0.25) is 9.59 Å². The summed E-state index contributed by atoms with van der Waals surface area (Å²) in [6, 6.07) is 12.4. The van der Waals surface area contributed by atoms with Crippen LogP contribution in [0, 0.1) is 13.8 Å². The molecule has 2 rings (SSSR count). The van der Waals surface area contributed by atoms with Gasteiger partial charge >= 0.3 is 11.9 Å². The number of benzene rings is 2. The molecule has 0 saturated carbocycles. The van der Waals surface area contributed by atoms with Crippen LogP contribution in [-0.4, -0.2) is 37.3 Å². The molecule has 0 saturated heterocycles. The van der Waals surface area contributed by atoms with Crippen LogP contribution in [0.25, 0.3) is 0 Å². The third kappa shape index (κ3) is 6.74. The van der Waals surface area contributed by atoms with Gasteiger partial charge in [0.1, 0.15) is 0 Å². The van der Waals surface area contributed by atoms with Crippen LogP contribution in [0.2, 0.25) is 0 Å². The SMILES string of the molecule is COC(=O)c1ccc(NC(=O)COC(=O)CCSc2ccc(C)c(C)c2)cc1. The van der Waals surface area contributed by atoms with E-state index < -0.39 is 17.8 Å². The van der Waals surface area contributed by atoms with E-state index in [1.165, 1.54) is 30.4 Å². The summed E-state index contributed by atoms with van der Waals surface area (Å²) in [4.78, 5) is 36.1. The van der Waals surface area contributed by atoms with E-state index in [9.17, 15) is 14.4 Å². The van der Waals surface area contributed by atoms with Gasteiger partial charge in [0.25, 0.3) is 5.91 Å². The summed E-state index contributed by atoms with van der Waals surface area (Å²) in [5.41, 5.74) is 3.32. The zero-order chi connectivity index (χ0) is 20.5. The fourth-order valence-corrected chi connectivity index (χ4v) is 3.21. The fourth-order valence-electron chi connectivity index (χ4n) is 2.28. The first-order valence-corrected chi connectivity index (χ1v) is 9.71. The summed E-state index contributed by atoms with van der Waals surface area (Å²) in [6.07, 6.45) is 0.221. The summed E-state index contributed by atoms with van der Waals surface area (Å²) in [7, 11) is 1.30. The van der Waals surface area contributed by atoms with Crippen molar-refractivity contribution in [3.8, 4) is 0 Å². The number of hydrogen-bond donors (Lipinski definition) is 1. The molecule has 28 heavy (non-hydrogen) atoms. The number of carbonyl (C=O) groups is 3. The van der Waals surface area contributed by atoms with Crippen LogP contribution in [0.4, 0.5) is 5.69 Å². The summed E-state index contributed by atoms with van der Waals surface area (Å²) < 4.78 is 9.61. The highest BCUT2D eigenvalue weighted by atomic mass is 32.2. The second kappa shape index (κ2) is 10.5. The summed E-state index contributed by atoms with van der Waals surface area (Å²) >= 11 is 1.57. The number of rotatable bonds is 8. The third-order valence-corrected chi connectivity index (χ3v) is 5.00. The molecule has 0 spiro atoms. The normalized spacial score (nSPS) is 10.2. The molecule has 0 radical (unpaired) electrons. The first-order valence-electron chi connectivity index (χ1n) is 8.73. The Bertz CT molecular complexity index is 848. The van der Waals surface area contributed by atoms with E-state index in [0.717, 1.165) is 4.90 Å². The van der Waals surface area contributed by atoms with Gasteiger partial charge in [0.2, 0.25) is 0 Å². The number of methoxy groups -OCH3 is 1. The molecule has 0 aliphatic heterocycles. The van der Waals surface area contributed by atoms with Crippen LogP contribution < -0.4 is 5.32 Å². The molecule has 0 atom stereocenters. The Balaban J connectivity index is 1.69. The van der Waals surface area contributed by atoms with Crippen LogP contribution in [0.3, 0.4) is 0 Å². The van der Waals surface area contributed by atoms with Crippen LogP contribution in [0.1, 0.15) is 27.9 Å². The van der Waals surface area contributed by atoms with Crippen molar-refractivity contribution in [2.75, 3.05) is 24.8 Å². The largest absolute Gasteiger partial charge is 0.465 e. The Kier molecular flexibility index (Phi) is 8.07. The predicted octanol–water partition coefficient (Wildman–Crippen LogP) is 3.75. The molecule has 148 valence electrons. The van der Waals surface area contributed by atoms with Gasteiger partial charge in [0.15, 0.2) is 6.61 Å². The van der Waals surface area contributed by atoms with Gasteiger partial charge in [-0.1, -0.05) is 6.07 Å². The number of amides is 1. The number of nitrogens with one attached hydrogen (secondary N) is 1. The van der Waals surface area contributed by atoms with E-state index in [0.29, 0.717) is 17.0 Å². The van der Waals surface area contributed by atoms with Crippen molar-refractivity contribution < 1.29 is 23.9 Å². The second-order valence-electron chi connectivity index (χ2n) is 6.12. The number of hydrogen-bond acceptors (Lipinski definition) is 6. The number of esters is 2. The minimum Gasteiger partial charge on any atom is -0.465 e. The van der Waals surface area contributed by atoms with Crippen molar-refractivity contribution in [3.05, 3.63) is 59.2 Å². The van der Waals surface area contributed by atoms with Gasteiger partial charge in [0, 0.05) is 16.3 Å². The lowest BCUT2D eigenvalue weighted by atomic mass is 10.1. The molecule has 0 bridgehead atoms. The van der Waals surface area contributed by atoms with Crippen molar-refractivity contribution in [2.45, 2.75) is 25.2 Å². The molecule has 1 N–H and O–H groups in total. The third-order valence-electron chi connectivity index (χ3n) is 4.01. The lowest BCUT2D eigenvalue weighted by Gasteiger charge is -2.08. The first-order chi connectivity index (χ1) is 13.4. The highest BCUT2D eigenvalue weighted by Gasteiger charge is 2.10. The molecule has 2 aromatic rings. The zero-order valence-electron chi connectivity index (χ0n) is 16.1. The molecule has 0 aromatic heterocycles. The monoisotopic (exact) mass is 401 g/mol. The molecule has 7 heteroatoms. The average molecular weight is 401 g/mol. The molecular weight excluding hydrogens is 378 g/mol. The number of aryl methyl sites for hydroxylation is 2. The van der Waals surface area contributed by atoms with Gasteiger partial charge in [0.05, 0.1) is 19.1 Å². The minimum absolute atomic E-state index is 0.221. The Labute approximate surface area is 168 Å². The Hall–Kier alpha value is -2.80. The molecule has 0 aliphatic carbocycles. The maximum atomic E-state index is 11.9. The maximum absolute atomic E-state index is 11.9.